The van der Waals surface area contributed by atoms with Crippen molar-refractivity contribution in [2.75, 3.05) is 5.43 Å². The van der Waals surface area contributed by atoms with Crippen LogP contribution in [0.5, 0.6) is 0 Å². The van der Waals surface area contributed by atoms with E-state index in [1.807, 2.05) is 19.1 Å². The molecule has 1 aromatic heterocycles. The van der Waals surface area contributed by atoms with Crippen LogP contribution in [0, 0.1) is 6.92 Å². The molecule has 1 aromatic carbocycles. The molecule has 0 radical (unpaired) electrons. The zero-order chi connectivity index (χ0) is 10.1. The SMILES string of the molecule is Cc1nc(NN)nc2ccc(Cl)cc12. The summed E-state index contributed by atoms with van der Waals surface area (Å²) in [6, 6.07) is 5.47. The minimum absolute atomic E-state index is 0.414. The highest BCUT2D eigenvalue weighted by molar-refractivity contribution is 6.31. The largest absolute Gasteiger partial charge is 0.292 e. The lowest BCUT2D eigenvalue weighted by Gasteiger charge is -2.04. The summed E-state index contributed by atoms with van der Waals surface area (Å²) in [6.07, 6.45) is 0. The number of halogens is 1. The van der Waals surface area contributed by atoms with Crippen molar-refractivity contribution in [2.24, 2.45) is 5.84 Å². The predicted molar refractivity (Wildman–Crippen MR) is 57.1 cm³/mol. The van der Waals surface area contributed by atoms with Crippen molar-refractivity contribution in [2.45, 2.75) is 6.92 Å². The van der Waals surface area contributed by atoms with Crippen molar-refractivity contribution in [3.05, 3.63) is 28.9 Å². The molecular weight excluding hydrogens is 200 g/mol. The smallest absolute Gasteiger partial charge is 0.237 e. The zero-order valence-electron chi connectivity index (χ0n) is 7.58. The van der Waals surface area contributed by atoms with Crippen LogP contribution in [0.25, 0.3) is 10.9 Å². The first-order chi connectivity index (χ1) is 6.70. The standard InChI is InChI=1S/C9H9ClN4/c1-5-7-4-6(10)2-3-8(7)13-9(12-5)14-11/h2-4H,11H2,1H3,(H,12,13,14). The van der Waals surface area contributed by atoms with E-state index >= 15 is 0 Å². The van der Waals surface area contributed by atoms with E-state index in [0.717, 1.165) is 16.6 Å². The molecule has 0 atom stereocenters. The second kappa shape index (κ2) is 3.40. The van der Waals surface area contributed by atoms with Crippen molar-refractivity contribution in [1.29, 1.82) is 0 Å². The molecule has 0 bridgehead atoms. The summed E-state index contributed by atoms with van der Waals surface area (Å²) in [6.45, 7) is 1.89. The topological polar surface area (TPSA) is 63.8 Å². The monoisotopic (exact) mass is 208 g/mol. The van der Waals surface area contributed by atoms with Gasteiger partial charge in [0.2, 0.25) is 5.95 Å². The van der Waals surface area contributed by atoms with E-state index in [1.54, 1.807) is 6.07 Å². The lowest BCUT2D eigenvalue weighted by molar-refractivity contribution is 1.11. The Morgan fingerprint density at radius 3 is 2.86 bits per heavy atom. The van der Waals surface area contributed by atoms with Crippen LogP contribution in [0.3, 0.4) is 0 Å². The van der Waals surface area contributed by atoms with Crippen molar-refractivity contribution in [3.8, 4) is 0 Å². The lowest BCUT2D eigenvalue weighted by atomic mass is 10.2. The number of nitrogens with zero attached hydrogens (tertiary/aromatic N) is 2. The van der Waals surface area contributed by atoms with Gasteiger partial charge in [-0.2, -0.15) is 0 Å². The molecule has 0 spiro atoms. The number of hydrazine groups is 1. The third kappa shape index (κ3) is 1.49. The van der Waals surface area contributed by atoms with Crippen LogP contribution in [-0.2, 0) is 0 Å². The van der Waals surface area contributed by atoms with Gasteiger partial charge >= 0.3 is 0 Å². The van der Waals surface area contributed by atoms with Gasteiger partial charge in [0.1, 0.15) is 0 Å². The zero-order valence-corrected chi connectivity index (χ0v) is 8.34. The van der Waals surface area contributed by atoms with E-state index in [0.29, 0.717) is 11.0 Å². The van der Waals surface area contributed by atoms with Crippen molar-refractivity contribution in [3.63, 3.8) is 0 Å². The molecule has 3 N–H and O–H groups in total. The number of aromatic nitrogens is 2. The molecular formula is C9H9ClN4. The molecule has 5 heteroatoms. The van der Waals surface area contributed by atoms with Gasteiger partial charge in [0.05, 0.1) is 11.2 Å². The Hall–Kier alpha value is -1.39. The molecule has 2 rings (SSSR count). The normalized spacial score (nSPS) is 10.5. The first kappa shape index (κ1) is 9.18. The molecule has 72 valence electrons. The van der Waals surface area contributed by atoms with Gasteiger partial charge in [-0.05, 0) is 25.1 Å². The van der Waals surface area contributed by atoms with Crippen molar-refractivity contribution in [1.82, 2.24) is 9.97 Å². The summed E-state index contributed by atoms with van der Waals surface area (Å²) in [4.78, 5) is 8.34. The Morgan fingerprint density at radius 2 is 2.14 bits per heavy atom. The van der Waals surface area contributed by atoms with Crippen LogP contribution in [0.15, 0.2) is 18.2 Å². The van der Waals surface area contributed by atoms with Crippen LogP contribution in [-0.4, -0.2) is 9.97 Å². The Bertz CT molecular complexity index is 483. The summed E-state index contributed by atoms with van der Waals surface area (Å²) in [5, 5.41) is 1.62. The van der Waals surface area contributed by atoms with Crippen LogP contribution in [0.4, 0.5) is 5.95 Å². The summed E-state index contributed by atoms with van der Waals surface area (Å²) in [5.74, 6) is 5.65. The van der Waals surface area contributed by atoms with E-state index in [1.165, 1.54) is 0 Å². The summed E-state index contributed by atoms with van der Waals surface area (Å²) in [5.41, 5.74) is 4.10. The van der Waals surface area contributed by atoms with E-state index < -0.39 is 0 Å². The van der Waals surface area contributed by atoms with E-state index in [9.17, 15) is 0 Å². The molecule has 0 fully saturated rings. The summed E-state index contributed by atoms with van der Waals surface area (Å²) in [7, 11) is 0. The lowest BCUT2D eigenvalue weighted by Crippen LogP contribution is -2.11. The Labute approximate surface area is 86.1 Å². The van der Waals surface area contributed by atoms with Crippen molar-refractivity contribution < 1.29 is 0 Å². The third-order valence-electron chi connectivity index (χ3n) is 1.98. The highest BCUT2D eigenvalue weighted by atomic mass is 35.5. The number of nitrogens with one attached hydrogen (secondary N) is 1. The van der Waals surface area contributed by atoms with E-state index in [-0.39, 0.29) is 0 Å². The number of fused-ring (bicyclic) bond motifs is 1. The molecule has 0 saturated heterocycles. The second-order valence-corrected chi connectivity index (χ2v) is 3.37. The fourth-order valence-electron chi connectivity index (χ4n) is 1.32. The van der Waals surface area contributed by atoms with Crippen LogP contribution < -0.4 is 11.3 Å². The van der Waals surface area contributed by atoms with E-state index in [4.69, 9.17) is 17.4 Å². The maximum Gasteiger partial charge on any atom is 0.237 e. The molecule has 0 amide bonds. The highest BCUT2D eigenvalue weighted by Crippen LogP contribution is 2.20. The predicted octanol–water partition coefficient (Wildman–Crippen LogP) is 1.88. The number of rotatable bonds is 1. The third-order valence-corrected chi connectivity index (χ3v) is 2.21. The molecule has 1 heterocycles. The van der Waals surface area contributed by atoms with Gasteiger partial charge in [0.25, 0.3) is 0 Å². The van der Waals surface area contributed by atoms with Gasteiger partial charge in [0.15, 0.2) is 0 Å². The average molecular weight is 209 g/mol. The number of hydrogen-bond donors (Lipinski definition) is 2. The quantitative estimate of drug-likeness (QED) is 0.555. The van der Waals surface area contributed by atoms with Gasteiger partial charge in [0, 0.05) is 10.4 Å². The maximum atomic E-state index is 5.87. The number of nitrogens with two attached hydrogens (primary N) is 1. The fraction of sp³-hybridized carbons (Fsp3) is 0.111. The number of nitrogen functional groups attached to an aromatic ring is 1. The first-order valence-corrected chi connectivity index (χ1v) is 4.49. The Morgan fingerprint density at radius 1 is 1.36 bits per heavy atom. The van der Waals surface area contributed by atoms with Gasteiger partial charge in [-0.1, -0.05) is 11.6 Å². The molecule has 0 saturated carbocycles. The number of hydrogen-bond acceptors (Lipinski definition) is 4. The maximum absolute atomic E-state index is 5.87. The Kier molecular flexibility index (Phi) is 2.23. The van der Waals surface area contributed by atoms with Gasteiger partial charge < -0.3 is 0 Å². The first-order valence-electron chi connectivity index (χ1n) is 4.11. The Balaban J connectivity index is 2.76. The van der Waals surface area contributed by atoms with Gasteiger partial charge in [-0.25, -0.2) is 15.8 Å². The van der Waals surface area contributed by atoms with Crippen LogP contribution in [0.1, 0.15) is 5.69 Å². The number of anilines is 1. The van der Waals surface area contributed by atoms with E-state index in [2.05, 4.69) is 15.4 Å². The van der Waals surface area contributed by atoms with Gasteiger partial charge in [-0.15, -0.1) is 0 Å². The molecule has 0 unspecified atom stereocenters. The average Bonchev–Trinajstić information content (AvgIpc) is 2.19. The molecule has 4 nitrogen and oxygen atoms in total. The fourth-order valence-corrected chi connectivity index (χ4v) is 1.49. The van der Waals surface area contributed by atoms with Crippen molar-refractivity contribution >= 4 is 28.5 Å². The molecule has 0 aliphatic heterocycles. The minimum atomic E-state index is 0.414. The summed E-state index contributed by atoms with van der Waals surface area (Å²) >= 11 is 5.87. The molecule has 0 aliphatic rings. The minimum Gasteiger partial charge on any atom is -0.292 e. The number of benzene rings is 1. The van der Waals surface area contributed by atoms with Crippen LogP contribution in [0.2, 0.25) is 5.02 Å². The van der Waals surface area contributed by atoms with Crippen LogP contribution >= 0.6 is 11.6 Å². The highest BCUT2D eigenvalue weighted by Gasteiger charge is 2.03. The summed E-state index contributed by atoms with van der Waals surface area (Å²) < 4.78 is 0. The molecule has 14 heavy (non-hydrogen) atoms. The molecule has 0 aliphatic carbocycles. The second-order valence-electron chi connectivity index (χ2n) is 2.94. The van der Waals surface area contributed by atoms with Gasteiger partial charge in [-0.3, -0.25) is 5.43 Å². The number of aryl methyl sites for hydroxylation is 1. The molecule has 2 aromatic rings.